The lowest BCUT2D eigenvalue weighted by Gasteiger charge is -2.07. The van der Waals surface area contributed by atoms with Crippen molar-refractivity contribution in [2.24, 2.45) is 5.10 Å². The number of hydrazone groups is 1. The van der Waals surface area contributed by atoms with Crippen LogP contribution in [-0.2, 0) is 10.0 Å². The summed E-state index contributed by atoms with van der Waals surface area (Å²) in [4.78, 5) is 2.36. The number of benzene rings is 2. The Labute approximate surface area is 130 Å². The van der Waals surface area contributed by atoms with Crippen LogP contribution in [0.25, 0.3) is 0 Å². The van der Waals surface area contributed by atoms with Crippen molar-refractivity contribution in [3.63, 3.8) is 0 Å². The SMILES string of the molecule is CCCOc1ccccc1/C=N\NS(=O)(=O)c1ccccc1. The smallest absolute Gasteiger partial charge is 0.276 e. The molecular formula is C16H18N2O3S. The Morgan fingerprint density at radius 1 is 1.09 bits per heavy atom. The zero-order valence-electron chi connectivity index (χ0n) is 12.3. The van der Waals surface area contributed by atoms with Crippen LogP contribution < -0.4 is 9.57 Å². The lowest BCUT2D eigenvalue weighted by atomic mass is 10.2. The van der Waals surface area contributed by atoms with Crippen molar-refractivity contribution in [3.8, 4) is 5.75 Å². The molecule has 1 N–H and O–H groups in total. The normalized spacial score (nSPS) is 11.5. The van der Waals surface area contributed by atoms with Gasteiger partial charge in [0.05, 0.1) is 17.7 Å². The maximum Gasteiger partial charge on any atom is 0.276 e. The maximum atomic E-state index is 12.0. The molecule has 0 amide bonds. The zero-order chi connectivity index (χ0) is 15.8. The van der Waals surface area contributed by atoms with Gasteiger partial charge >= 0.3 is 0 Å². The predicted molar refractivity (Wildman–Crippen MR) is 86.6 cm³/mol. The van der Waals surface area contributed by atoms with Gasteiger partial charge in [-0.25, -0.2) is 4.83 Å². The minimum Gasteiger partial charge on any atom is -0.493 e. The lowest BCUT2D eigenvalue weighted by molar-refractivity contribution is 0.317. The van der Waals surface area contributed by atoms with Crippen molar-refractivity contribution in [3.05, 3.63) is 60.2 Å². The third-order valence-corrected chi connectivity index (χ3v) is 4.05. The molecular weight excluding hydrogens is 300 g/mol. The van der Waals surface area contributed by atoms with Crippen LogP contribution in [0, 0.1) is 0 Å². The van der Waals surface area contributed by atoms with Crippen molar-refractivity contribution in [2.45, 2.75) is 18.2 Å². The fraction of sp³-hybridized carbons (Fsp3) is 0.188. The predicted octanol–water partition coefficient (Wildman–Crippen LogP) is 2.79. The van der Waals surface area contributed by atoms with E-state index in [-0.39, 0.29) is 4.90 Å². The molecule has 2 aromatic carbocycles. The van der Waals surface area contributed by atoms with Gasteiger partial charge in [0.25, 0.3) is 10.0 Å². The average molecular weight is 318 g/mol. The van der Waals surface area contributed by atoms with Crippen LogP contribution in [0.15, 0.2) is 64.6 Å². The zero-order valence-corrected chi connectivity index (χ0v) is 13.1. The van der Waals surface area contributed by atoms with Gasteiger partial charge in [-0.3, -0.25) is 0 Å². The molecule has 2 aromatic rings. The Morgan fingerprint density at radius 3 is 2.50 bits per heavy atom. The Bertz CT molecular complexity index is 728. The fourth-order valence-corrected chi connectivity index (χ4v) is 2.56. The van der Waals surface area contributed by atoms with Gasteiger partial charge in [0.2, 0.25) is 0 Å². The van der Waals surface area contributed by atoms with Crippen LogP contribution in [0.4, 0.5) is 0 Å². The first kappa shape index (κ1) is 16.0. The number of nitrogens with one attached hydrogen (secondary N) is 1. The second-order valence-corrected chi connectivity index (χ2v) is 6.21. The van der Waals surface area contributed by atoms with E-state index in [1.807, 2.05) is 31.2 Å². The summed E-state index contributed by atoms with van der Waals surface area (Å²) >= 11 is 0. The highest BCUT2D eigenvalue weighted by molar-refractivity contribution is 7.89. The summed E-state index contributed by atoms with van der Waals surface area (Å²) < 4.78 is 29.6. The highest BCUT2D eigenvalue weighted by atomic mass is 32.2. The molecule has 0 radical (unpaired) electrons. The Kier molecular flexibility index (Phi) is 5.55. The topological polar surface area (TPSA) is 67.8 Å². The monoisotopic (exact) mass is 318 g/mol. The minimum atomic E-state index is -3.65. The summed E-state index contributed by atoms with van der Waals surface area (Å²) in [5.41, 5.74) is 0.715. The van der Waals surface area contributed by atoms with Crippen LogP contribution in [0.3, 0.4) is 0 Å². The number of nitrogens with zero attached hydrogens (tertiary/aromatic N) is 1. The lowest BCUT2D eigenvalue weighted by Crippen LogP contribution is -2.18. The summed E-state index contributed by atoms with van der Waals surface area (Å²) in [6.45, 7) is 2.62. The molecule has 0 saturated heterocycles. The van der Waals surface area contributed by atoms with Gasteiger partial charge in [-0.2, -0.15) is 13.5 Å². The Balaban J connectivity index is 2.10. The molecule has 0 atom stereocenters. The third-order valence-electron chi connectivity index (χ3n) is 2.81. The van der Waals surface area contributed by atoms with Gasteiger partial charge in [-0.05, 0) is 30.7 Å². The van der Waals surface area contributed by atoms with E-state index in [0.717, 1.165) is 6.42 Å². The first-order valence-corrected chi connectivity index (χ1v) is 8.43. The summed E-state index contributed by atoms with van der Waals surface area (Å²) in [6, 6.07) is 15.4. The molecule has 22 heavy (non-hydrogen) atoms. The standard InChI is InChI=1S/C16H18N2O3S/c1-2-12-21-16-11-7-6-8-14(16)13-17-18-22(19,20)15-9-4-3-5-10-15/h3-11,13,18H,2,12H2,1H3/b17-13-. The molecule has 0 aromatic heterocycles. The molecule has 2 rings (SSSR count). The van der Waals surface area contributed by atoms with Gasteiger partial charge in [-0.15, -0.1) is 0 Å². The van der Waals surface area contributed by atoms with Crippen molar-refractivity contribution in [1.29, 1.82) is 0 Å². The molecule has 116 valence electrons. The molecule has 0 saturated carbocycles. The van der Waals surface area contributed by atoms with Gasteiger partial charge in [0.15, 0.2) is 0 Å². The number of rotatable bonds is 7. The van der Waals surface area contributed by atoms with Gasteiger partial charge in [0, 0.05) is 5.56 Å². The van der Waals surface area contributed by atoms with Crippen LogP contribution in [0.2, 0.25) is 0 Å². The van der Waals surface area contributed by atoms with E-state index in [0.29, 0.717) is 17.9 Å². The van der Waals surface area contributed by atoms with Crippen LogP contribution in [0.5, 0.6) is 5.75 Å². The molecule has 0 heterocycles. The molecule has 0 aliphatic rings. The van der Waals surface area contributed by atoms with E-state index in [1.54, 1.807) is 18.2 Å². The van der Waals surface area contributed by atoms with E-state index >= 15 is 0 Å². The molecule has 0 bridgehead atoms. The maximum absolute atomic E-state index is 12.0. The van der Waals surface area contributed by atoms with E-state index < -0.39 is 10.0 Å². The summed E-state index contributed by atoms with van der Waals surface area (Å²) in [5.74, 6) is 0.673. The van der Waals surface area contributed by atoms with Gasteiger partial charge in [0.1, 0.15) is 5.75 Å². The van der Waals surface area contributed by atoms with Crippen molar-refractivity contribution >= 4 is 16.2 Å². The van der Waals surface area contributed by atoms with E-state index in [9.17, 15) is 8.42 Å². The summed E-state index contributed by atoms with van der Waals surface area (Å²) in [5, 5.41) is 3.82. The Hall–Kier alpha value is -2.34. The molecule has 0 spiro atoms. The van der Waals surface area contributed by atoms with E-state index in [4.69, 9.17) is 4.74 Å². The fourth-order valence-electron chi connectivity index (χ4n) is 1.75. The van der Waals surface area contributed by atoms with Crippen molar-refractivity contribution in [1.82, 2.24) is 4.83 Å². The first-order chi connectivity index (χ1) is 10.6. The van der Waals surface area contributed by atoms with Gasteiger partial charge in [-0.1, -0.05) is 37.3 Å². The molecule has 0 fully saturated rings. The van der Waals surface area contributed by atoms with Crippen molar-refractivity contribution in [2.75, 3.05) is 6.61 Å². The number of sulfonamides is 1. The minimum absolute atomic E-state index is 0.169. The number of ether oxygens (including phenoxy) is 1. The molecule has 6 heteroatoms. The second-order valence-electron chi connectivity index (χ2n) is 4.55. The van der Waals surface area contributed by atoms with Crippen LogP contribution in [0.1, 0.15) is 18.9 Å². The third kappa shape index (κ3) is 4.33. The van der Waals surface area contributed by atoms with Crippen LogP contribution in [-0.4, -0.2) is 21.2 Å². The number of hydrogen-bond acceptors (Lipinski definition) is 4. The van der Waals surface area contributed by atoms with E-state index in [1.165, 1.54) is 18.3 Å². The summed E-state index contributed by atoms with van der Waals surface area (Å²) in [7, 11) is -3.65. The quantitative estimate of drug-likeness (QED) is 0.630. The summed E-state index contributed by atoms with van der Waals surface area (Å²) in [6.07, 6.45) is 2.33. The molecule has 0 aliphatic carbocycles. The molecule has 5 nitrogen and oxygen atoms in total. The highest BCUT2D eigenvalue weighted by Crippen LogP contribution is 2.16. The van der Waals surface area contributed by atoms with Gasteiger partial charge < -0.3 is 4.74 Å². The number of para-hydroxylation sites is 1. The first-order valence-electron chi connectivity index (χ1n) is 6.95. The largest absolute Gasteiger partial charge is 0.493 e. The molecule has 0 unspecified atom stereocenters. The van der Waals surface area contributed by atoms with Crippen LogP contribution >= 0.6 is 0 Å². The average Bonchev–Trinajstić information content (AvgIpc) is 2.54. The second kappa shape index (κ2) is 7.61. The highest BCUT2D eigenvalue weighted by Gasteiger charge is 2.11. The Morgan fingerprint density at radius 2 is 1.77 bits per heavy atom. The van der Waals surface area contributed by atoms with E-state index in [2.05, 4.69) is 9.93 Å². The van der Waals surface area contributed by atoms with Crippen molar-refractivity contribution < 1.29 is 13.2 Å². The molecule has 0 aliphatic heterocycles. The number of hydrogen-bond donors (Lipinski definition) is 1.